The van der Waals surface area contributed by atoms with Crippen LogP contribution in [0.15, 0.2) is 18.3 Å². The molecule has 0 aliphatic heterocycles. The molecule has 3 nitrogen and oxygen atoms in total. The van der Waals surface area contributed by atoms with E-state index >= 15 is 0 Å². The number of aromatic nitrogens is 1. The smallest absolute Gasteiger partial charge is 0.133 e. The monoisotopic (exact) mass is 180 g/mol. The summed E-state index contributed by atoms with van der Waals surface area (Å²) in [5.41, 5.74) is 0.887. The molecule has 1 rings (SSSR count). The first-order valence-electron chi connectivity index (χ1n) is 4.55. The van der Waals surface area contributed by atoms with Crippen LogP contribution in [0.1, 0.15) is 18.9 Å². The van der Waals surface area contributed by atoms with E-state index in [4.69, 9.17) is 5.11 Å². The van der Waals surface area contributed by atoms with Gasteiger partial charge in [0.05, 0.1) is 6.61 Å². The highest BCUT2D eigenvalue weighted by molar-refractivity contribution is 5.45. The lowest BCUT2D eigenvalue weighted by Crippen LogP contribution is -2.20. The van der Waals surface area contributed by atoms with Gasteiger partial charge in [-0.05, 0) is 12.5 Å². The van der Waals surface area contributed by atoms with Crippen LogP contribution in [0.4, 0.5) is 5.82 Å². The third kappa shape index (κ3) is 2.42. The van der Waals surface area contributed by atoms with Crippen molar-refractivity contribution < 1.29 is 5.11 Å². The van der Waals surface area contributed by atoms with Crippen molar-refractivity contribution in [2.45, 2.75) is 20.0 Å². The summed E-state index contributed by atoms with van der Waals surface area (Å²) in [5.74, 6) is 0.881. The van der Waals surface area contributed by atoms with Crippen LogP contribution in [0, 0.1) is 0 Å². The Kier molecular flexibility index (Phi) is 3.71. The summed E-state index contributed by atoms with van der Waals surface area (Å²) in [5, 5.41) is 9.07. The van der Waals surface area contributed by atoms with E-state index in [0.717, 1.165) is 24.3 Å². The van der Waals surface area contributed by atoms with Gasteiger partial charge in [0.15, 0.2) is 0 Å². The second-order valence-corrected chi connectivity index (χ2v) is 3.07. The van der Waals surface area contributed by atoms with Crippen LogP contribution in [-0.4, -0.2) is 23.7 Å². The molecule has 1 aromatic rings. The van der Waals surface area contributed by atoms with Crippen LogP contribution in [0.2, 0.25) is 0 Å². The van der Waals surface area contributed by atoms with Crippen LogP contribution >= 0.6 is 0 Å². The Labute approximate surface area is 79.0 Å². The first kappa shape index (κ1) is 9.99. The number of hydrogen-bond donors (Lipinski definition) is 1. The van der Waals surface area contributed by atoms with E-state index in [1.807, 2.05) is 19.2 Å². The molecule has 0 aliphatic carbocycles. The molecule has 72 valence electrons. The summed E-state index contributed by atoms with van der Waals surface area (Å²) in [6, 6.07) is 3.74. The van der Waals surface area contributed by atoms with Gasteiger partial charge in [-0.25, -0.2) is 4.98 Å². The maximum absolute atomic E-state index is 9.07. The highest BCUT2D eigenvalue weighted by atomic mass is 16.3. The minimum absolute atomic E-state index is 0.0528. The number of hydrogen-bond acceptors (Lipinski definition) is 3. The molecule has 0 saturated heterocycles. The lowest BCUT2D eigenvalue weighted by atomic mass is 10.2. The average molecular weight is 180 g/mol. The van der Waals surface area contributed by atoms with Gasteiger partial charge in [0.1, 0.15) is 5.82 Å². The minimum Gasteiger partial charge on any atom is -0.392 e. The third-order valence-corrected chi connectivity index (χ3v) is 1.96. The molecule has 1 heterocycles. The van der Waals surface area contributed by atoms with E-state index < -0.39 is 0 Å². The van der Waals surface area contributed by atoms with E-state index in [0.29, 0.717) is 0 Å². The van der Waals surface area contributed by atoms with E-state index in [2.05, 4.69) is 16.8 Å². The summed E-state index contributed by atoms with van der Waals surface area (Å²) >= 11 is 0. The van der Waals surface area contributed by atoms with Gasteiger partial charge in [-0.1, -0.05) is 13.0 Å². The van der Waals surface area contributed by atoms with Crippen LogP contribution in [0.25, 0.3) is 0 Å². The van der Waals surface area contributed by atoms with Crippen molar-refractivity contribution in [3.63, 3.8) is 0 Å². The van der Waals surface area contributed by atoms with E-state index in [9.17, 15) is 0 Å². The number of pyridine rings is 1. The number of aliphatic hydroxyl groups excluding tert-OH is 1. The summed E-state index contributed by atoms with van der Waals surface area (Å²) in [4.78, 5) is 6.30. The Morgan fingerprint density at radius 3 is 2.92 bits per heavy atom. The molecular weight excluding hydrogens is 164 g/mol. The predicted octanol–water partition coefficient (Wildman–Crippen LogP) is 1.42. The molecule has 0 radical (unpaired) electrons. The van der Waals surface area contributed by atoms with Crippen LogP contribution < -0.4 is 4.90 Å². The minimum atomic E-state index is 0.0528. The molecule has 1 aromatic heterocycles. The fourth-order valence-electron chi connectivity index (χ4n) is 1.34. The molecule has 0 bridgehead atoms. The summed E-state index contributed by atoms with van der Waals surface area (Å²) in [7, 11) is 1.99. The molecule has 0 saturated carbocycles. The van der Waals surface area contributed by atoms with Gasteiger partial charge in [0.25, 0.3) is 0 Å². The first-order chi connectivity index (χ1) is 6.29. The molecule has 0 unspecified atom stereocenters. The lowest BCUT2D eigenvalue weighted by Gasteiger charge is -2.19. The zero-order valence-electron chi connectivity index (χ0n) is 8.20. The predicted molar refractivity (Wildman–Crippen MR) is 53.7 cm³/mol. The molecule has 13 heavy (non-hydrogen) atoms. The highest BCUT2D eigenvalue weighted by Gasteiger charge is 2.05. The number of nitrogens with zero attached hydrogens (tertiary/aromatic N) is 2. The molecular formula is C10H16N2O. The summed E-state index contributed by atoms with van der Waals surface area (Å²) in [6.45, 7) is 3.14. The molecule has 3 heteroatoms. The normalized spacial score (nSPS) is 10.1. The van der Waals surface area contributed by atoms with Gasteiger partial charge in [-0.3, -0.25) is 0 Å². The van der Waals surface area contributed by atoms with Crippen LogP contribution in [0.3, 0.4) is 0 Å². The summed E-state index contributed by atoms with van der Waals surface area (Å²) in [6.07, 6.45) is 2.83. The highest BCUT2D eigenvalue weighted by Crippen LogP contribution is 2.15. The molecule has 0 amide bonds. The van der Waals surface area contributed by atoms with Crippen molar-refractivity contribution in [2.75, 3.05) is 18.5 Å². The maximum Gasteiger partial charge on any atom is 0.133 e. The fraction of sp³-hybridized carbons (Fsp3) is 0.500. The van der Waals surface area contributed by atoms with Crippen molar-refractivity contribution in [1.82, 2.24) is 4.98 Å². The zero-order valence-corrected chi connectivity index (χ0v) is 8.20. The molecule has 0 fully saturated rings. The van der Waals surface area contributed by atoms with Crippen LogP contribution in [-0.2, 0) is 6.61 Å². The van der Waals surface area contributed by atoms with E-state index in [1.165, 1.54) is 0 Å². The van der Waals surface area contributed by atoms with Crippen molar-refractivity contribution in [1.29, 1.82) is 0 Å². The Hall–Kier alpha value is -1.09. The average Bonchev–Trinajstić information content (AvgIpc) is 2.18. The molecule has 0 spiro atoms. The fourth-order valence-corrected chi connectivity index (χ4v) is 1.34. The summed E-state index contributed by atoms with van der Waals surface area (Å²) < 4.78 is 0. The maximum atomic E-state index is 9.07. The topological polar surface area (TPSA) is 36.4 Å². The number of anilines is 1. The lowest BCUT2D eigenvalue weighted by molar-refractivity contribution is 0.281. The van der Waals surface area contributed by atoms with E-state index in [-0.39, 0.29) is 6.61 Å². The number of aliphatic hydroxyl groups is 1. The second-order valence-electron chi connectivity index (χ2n) is 3.07. The standard InChI is InChI=1S/C10H16N2O/c1-3-7-12(2)10-9(8-13)5-4-6-11-10/h4-6,13H,3,7-8H2,1-2H3. The van der Waals surface area contributed by atoms with Crippen LogP contribution in [0.5, 0.6) is 0 Å². The van der Waals surface area contributed by atoms with Gasteiger partial charge < -0.3 is 10.0 Å². The molecule has 0 atom stereocenters. The van der Waals surface area contributed by atoms with Gasteiger partial charge in [-0.15, -0.1) is 0 Å². The van der Waals surface area contributed by atoms with Crippen molar-refractivity contribution >= 4 is 5.82 Å². The van der Waals surface area contributed by atoms with Crippen molar-refractivity contribution in [2.24, 2.45) is 0 Å². The van der Waals surface area contributed by atoms with Gasteiger partial charge >= 0.3 is 0 Å². The Bertz CT molecular complexity index is 263. The molecule has 1 N–H and O–H groups in total. The van der Waals surface area contributed by atoms with Crippen molar-refractivity contribution in [3.05, 3.63) is 23.9 Å². The SMILES string of the molecule is CCCN(C)c1ncccc1CO. The Morgan fingerprint density at radius 2 is 2.31 bits per heavy atom. The third-order valence-electron chi connectivity index (χ3n) is 1.96. The largest absolute Gasteiger partial charge is 0.392 e. The van der Waals surface area contributed by atoms with Gasteiger partial charge in [-0.2, -0.15) is 0 Å². The second kappa shape index (κ2) is 4.82. The molecule has 0 aliphatic rings. The van der Waals surface area contributed by atoms with Crippen molar-refractivity contribution in [3.8, 4) is 0 Å². The Morgan fingerprint density at radius 1 is 1.54 bits per heavy atom. The quantitative estimate of drug-likeness (QED) is 0.761. The van der Waals surface area contributed by atoms with Gasteiger partial charge in [0, 0.05) is 25.4 Å². The Balaban J connectivity index is 2.85. The zero-order chi connectivity index (χ0) is 9.68. The number of rotatable bonds is 4. The van der Waals surface area contributed by atoms with Gasteiger partial charge in [0.2, 0.25) is 0 Å². The first-order valence-corrected chi connectivity index (χ1v) is 4.55. The molecule has 0 aromatic carbocycles. The van der Waals surface area contributed by atoms with E-state index in [1.54, 1.807) is 6.20 Å².